The minimum absolute atomic E-state index is 0.0262. The third-order valence-electron chi connectivity index (χ3n) is 11.5. The summed E-state index contributed by atoms with van der Waals surface area (Å²) in [6.45, 7) is 15.1. The van der Waals surface area contributed by atoms with Crippen molar-refractivity contribution in [1.82, 2.24) is 5.32 Å². The van der Waals surface area contributed by atoms with Crippen molar-refractivity contribution < 1.29 is 23.2 Å². The van der Waals surface area contributed by atoms with Crippen LogP contribution in [0.2, 0.25) is 0 Å². The molecule has 4 aliphatic carbocycles. The molecule has 0 aromatic rings. The van der Waals surface area contributed by atoms with Crippen LogP contribution in [0.1, 0.15) is 107 Å². The fraction of sp³-hybridized carbons (Fsp3) is 0.758. The number of halogens is 2. The number of Topliss-reactive ketones (excluding diaryl/α,β-unsaturated/α-hetero) is 1. The molecule has 220 valence electrons. The SMILES string of the molecule is CC1C=C(C#N)C(=O)C(C)(C)CCCC2(C)C1=CC(=O)C1C3CC(C)(C)CCC3(NC(=O)C(C)(F)F)CCC12C. The van der Waals surface area contributed by atoms with Gasteiger partial charge in [0.25, 0.3) is 5.91 Å². The maximum atomic E-state index is 14.2. The van der Waals surface area contributed by atoms with Crippen LogP contribution in [0.25, 0.3) is 0 Å². The van der Waals surface area contributed by atoms with Crippen LogP contribution in [0.15, 0.2) is 23.3 Å². The highest BCUT2D eigenvalue weighted by Crippen LogP contribution is 2.68. The number of allylic oxidation sites excluding steroid dienone is 4. The number of nitriles is 1. The number of nitrogens with zero attached hydrogens (tertiary/aromatic N) is 1. The van der Waals surface area contributed by atoms with E-state index in [0.29, 0.717) is 39.0 Å². The second-order valence-electron chi connectivity index (χ2n) is 15.3. The second kappa shape index (κ2) is 9.60. The van der Waals surface area contributed by atoms with E-state index < -0.39 is 39.5 Å². The Labute approximate surface area is 238 Å². The highest BCUT2D eigenvalue weighted by atomic mass is 19.3. The number of amides is 1. The van der Waals surface area contributed by atoms with E-state index in [9.17, 15) is 28.4 Å². The van der Waals surface area contributed by atoms with Crippen molar-refractivity contribution in [3.63, 3.8) is 0 Å². The smallest absolute Gasteiger partial charge is 0.321 e. The van der Waals surface area contributed by atoms with E-state index in [0.717, 1.165) is 24.8 Å². The molecule has 4 aliphatic rings. The lowest BCUT2D eigenvalue weighted by molar-refractivity contribution is -0.164. The van der Waals surface area contributed by atoms with Crippen LogP contribution >= 0.6 is 0 Å². The lowest BCUT2D eigenvalue weighted by atomic mass is 9.39. The molecule has 6 unspecified atom stereocenters. The van der Waals surface area contributed by atoms with E-state index in [4.69, 9.17) is 0 Å². The predicted octanol–water partition coefficient (Wildman–Crippen LogP) is 7.12. The maximum absolute atomic E-state index is 14.2. The van der Waals surface area contributed by atoms with Gasteiger partial charge in [0, 0.05) is 23.8 Å². The largest absolute Gasteiger partial charge is 0.345 e. The summed E-state index contributed by atoms with van der Waals surface area (Å²) in [5.74, 6) is -5.92. The quantitative estimate of drug-likeness (QED) is 0.392. The summed E-state index contributed by atoms with van der Waals surface area (Å²) < 4.78 is 28.3. The molecule has 7 heteroatoms. The van der Waals surface area contributed by atoms with E-state index in [2.05, 4.69) is 39.1 Å². The highest BCUT2D eigenvalue weighted by Gasteiger charge is 2.66. The Bertz CT molecular complexity index is 1220. The Kier molecular flexibility index (Phi) is 7.34. The van der Waals surface area contributed by atoms with E-state index in [1.54, 1.807) is 12.2 Å². The molecule has 0 saturated heterocycles. The average molecular weight is 557 g/mol. The summed E-state index contributed by atoms with van der Waals surface area (Å²) in [5.41, 5.74) is -1.41. The summed E-state index contributed by atoms with van der Waals surface area (Å²) in [6.07, 6.45) is 8.82. The van der Waals surface area contributed by atoms with Crippen molar-refractivity contribution in [3.05, 3.63) is 23.3 Å². The molecule has 2 fully saturated rings. The van der Waals surface area contributed by atoms with Gasteiger partial charge in [0.05, 0.1) is 5.57 Å². The first-order valence-electron chi connectivity index (χ1n) is 14.9. The third kappa shape index (κ3) is 4.77. The number of carbonyl (C=O) groups excluding carboxylic acids is 3. The van der Waals surface area contributed by atoms with Gasteiger partial charge in [-0.15, -0.1) is 0 Å². The number of alkyl halides is 2. The van der Waals surface area contributed by atoms with Crippen LogP contribution in [-0.2, 0) is 14.4 Å². The molecule has 2 saturated carbocycles. The minimum atomic E-state index is -3.50. The molecule has 0 radical (unpaired) electrons. The highest BCUT2D eigenvalue weighted by molar-refractivity contribution is 6.03. The molecule has 1 amide bonds. The summed E-state index contributed by atoms with van der Waals surface area (Å²) in [5, 5.41) is 12.7. The fourth-order valence-electron chi connectivity index (χ4n) is 8.82. The van der Waals surface area contributed by atoms with Gasteiger partial charge in [-0.05, 0) is 79.1 Å². The Morgan fingerprint density at radius 2 is 1.65 bits per heavy atom. The van der Waals surface area contributed by atoms with Crippen molar-refractivity contribution in [2.24, 2.45) is 39.4 Å². The van der Waals surface area contributed by atoms with Gasteiger partial charge >= 0.3 is 5.92 Å². The summed E-state index contributed by atoms with van der Waals surface area (Å²) in [6, 6.07) is 2.12. The zero-order valence-corrected chi connectivity index (χ0v) is 25.5. The zero-order chi connectivity index (χ0) is 30.1. The molecule has 0 aromatic carbocycles. The maximum Gasteiger partial charge on any atom is 0.321 e. The van der Waals surface area contributed by atoms with E-state index in [-0.39, 0.29) is 34.4 Å². The Morgan fingerprint density at radius 3 is 2.25 bits per heavy atom. The standard InChI is InChI=1S/C33H46F2N2O3/c1-20-16-21(19-36)26(39)29(4,5)10-9-11-30(6)22(20)17-24(38)25-23-18-28(2,3)12-14-33(23,15-13-31(25,30)7)37-27(40)32(8,34)35/h16-17,20,23,25H,9-15,18H2,1-8H3,(H,37,40). The first kappa shape index (κ1) is 30.6. The number of carbonyl (C=O) groups is 3. The molecule has 40 heavy (non-hydrogen) atoms. The molecule has 0 bridgehead atoms. The second-order valence-corrected chi connectivity index (χ2v) is 15.3. The topological polar surface area (TPSA) is 87.0 Å². The normalized spacial score (nSPS) is 39.4. The molecule has 0 spiro atoms. The molecule has 1 N–H and O–H groups in total. The number of hydrogen-bond acceptors (Lipinski definition) is 4. The van der Waals surface area contributed by atoms with Crippen molar-refractivity contribution in [3.8, 4) is 6.07 Å². The Morgan fingerprint density at radius 1 is 1.02 bits per heavy atom. The molecule has 0 aromatic heterocycles. The molecule has 6 atom stereocenters. The molecule has 0 aliphatic heterocycles. The molecule has 4 rings (SSSR count). The van der Waals surface area contributed by atoms with Crippen molar-refractivity contribution in [2.75, 3.05) is 0 Å². The van der Waals surface area contributed by atoms with Gasteiger partial charge in [-0.3, -0.25) is 14.4 Å². The van der Waals surface area contributed by atoms with Gasteiger partial charge in [0.15, 0.2) is 11.6 Å². The van der Waals surface area contributed by atoms with E-state index in [1.807, 2.05) is 20.8 Å². The van der Waals surface area contributed by atoms with Crippen LogP contribution in [-0.4, -0.2) is 28.9 Å². The van der Waals surface area contributed by atoms with E-state index in [1.165, 1.54) is 0 Å². The van der Waals surface area contributed by atoms with Gasteiger partial charge < -0.3 is 5.32 Å². The number of hydrogen-bond donors (Lipinski definition) is 1. The lowest BCUT2D eigenvalue weighted by Crippen LogP contribution is -2.69. The number of nitrogens with one attached hydrogen (secondary N) is 1. The van der Waals surface area contributed by atoms with Crippen molar-refractivity contribution in [1.29, 1.82) is 5.26 Å². The summed E-state index contributed by atoms with van der Waals surface area (Å²) >= 11 is 0. The van der Waals surface area contributed by atoms with Crippen LogP contribution < -0.4 is 5.32 Å². The fourth-order valence-corrected chi connectivity index (χ4v) is 8.82. The first-order chi connectivity index (χ1) is 18.2. The minimum Gasteiger partial charge on any atom is -0.345 e. The van der Waals surface area contributed by atoms with Gasteiger partial charge in [-0.25, -0.2) is 0 Å². The van der Waals surface area contributed by atoms with Crippen molar-refractivity contribution in [2.45, 2.75) is 118 Å². The predicted molar refractivity (Wildman–Crippen MR) is 150 cm³/mol. The summed E-state index contributed by atoms with van der Waals surface area (Å²) in [4.78, 5) is 40.1. The third-order valence-corrected chi connectivity index (χ3v) is 11.5. The zero-order valence-electron chi connectivity index (χ0n) is 25.5. The van der Waals surface area contributed by atoms with Crippen LogP contribution in [0, 0.1) is 50.7 Å². The van der Waals surface area contributed by atoms with Crippen LogP contribution in [0.4, 0.5) is 8.78 Å². The first-order valence-corrected chi connectivity index (χ1v) is 14.9. The van der Waals surface area contributed by atoms with Crippen LogP contribution in [0.5, 0.6) is 0 Å². The van der Waals surface area contributed by atoms with E-state index >= 15 is 0 Å². The molecule has 0 heterocycles. The number of fused-ring (bicyclic) bond motifs is 5. The van der Waals surface area contributed by atoms with Crippen molar-refractivity contribution >= 4 is 17.5 Å². The number of rotatable bonds is 2. The molecular weight excluding hydrogens is 510 g/mol. The Balaban J connectivity index is 1.87. The molecular formula is C33H46F2N2O3. The lowest BCUT2D eigenvalue weighted by Gasteiger charge is -2.66. The summed E-state index contributed by atoms with van der Waals surface area (Å²) in [7, 11) is 0. The van der Waals surface area contributed by atoms with Gasteiger partial charge in [0.1, 0.15) is 6.07 Å². The van der Waals surface area contributed by atoms with Gasteiger partial charge in [-0.1, -0.05) is 66.5 Å². The van der Waals surface area contributed by atoms with Crippen LogP contribution in [0.3, 0.4) is 0 Å². The van der Waals surface area contributed by atoms with Gasteiger partial charge in [-0.2, -0.15) is 14.0 Å². The molecule has 5 nitrogen and oxygen atoms in total. The number of ketones is 2. The average Bonchev–Trinajstić information content (AvgIpc) is 2.83. The monoisotopic (exact) mass is 556 g/mol. The van der Waals surface area contributed by atoms with Gasteiger partial charge in [0.2, 0.25) is 0 Å². The Hall–Kier alpha value is -2.36.